The van der Waals surface area contributed by atoms with E-state index < -0.39 is 0 Å². The molecule has 0 unspecified atom stereocenters. The highest BCUT2D eigenvalue weighted by atomic mass is 16.2. The molecule has 2 rings (SSSR count). The summed E-state index contributed by atoms with van der Waals surface area (Å²) in [5, 5.41) is 0. The van der Waals surface area contributed by atoms with Crippen molar-refractivity contribution in [3.63, 3.8) is 0 Å². The van der Waals surface area contributed by atoms with Gasteiger partial charge < -0.3 is 10.3 Å². The lowest BCUT2D eigenvalue weighted by Gasteiger charge is -2.20. The number of hydrogen-bond donors (Lipinski definition) is 2. The van der Waals surface area contributed by atoms with Gasteiger partial charge >= 0.3 is 0 Å². The molecule has 0 aliphatic rings. The van der Waals surface area contributed by atoms with Crippen LogP contribution >= 0.6 is 0 Å². The molecule has 1 heterocycles. The van der Waals surface area contributed by atoms with E-state index in [1.807, 2.05) is 25.1 Å². The summed E-state index contributed by atoms with van der Waals surface area (Å²) < 4.78 is 0. The van der Waals surface area contributed by atoms with E-state index in [0.717, 1.165) is 11.4 Å². The zero-order valence-electron chi connectivity index (χ0n) is 11.4. The Kier molecular flexibility index (Phi) is 4.68. The first-order valence-corrected chi connectivity index (χ1v) is 6.50. The van der Waals surface area contributed by atoms with E-state index in [2.05, 4.69) is 10.4 Å². The lowest BCUT2D eigenvalue weighted by molar-refractivity contribution is 0.0750. The molecule has 0 saturated heterocycles. The number of rotatable bonds is 5. The van der Waals surface area contributed by atoms with Crippen molar-refractivity contribution in [2.24, 2.45) is 5.84 Å². The summed E-state index contributed by atoms with van der Waals surface area (Å²) in [7, 11) is 0. The minimum atomic E-state index is -0.0123. The van der Waals surface area contributed by atoms with E-state index in [1.54, 1.807) is 35.4 Å². The van der Waals surface area contributed by atoms with Crippen molar-refractivity contribution in [3.8, 4) is 0 Å². The summed E-state index contributed by atoms with van der Waals surface area (Å²) in [6.45, 7) is 3.09. The second-order valence-corrected chi connectivity index (χ2v) is 4.36. The number of carbonyl (C=O) groups excluding carboxylic acids is 1. The Labute approximate surface area is 118 Å². The van der Waals surface area contributed by atoms with Gasteiger partial charge in [0.1, 0.15) is 0 Å². The topological polar surface area (TPSA) is 71.2 Å². The number of nitrogens with two attached hydrogens (primary N) is 1. The van der Waals surface area contributed by atoms with Crippen LogP contribution in [-0.2, 0) is 6.54 Å². The zero-order chi connectivity index (χ0) is 14.4. The number of carbonyl (C=O) groups is 1. The second-order valence-electron chi connectivity index (χ2n) is 4.36. The molecule has 1 amide bonds. The first-order chi connectivity index (χ1) is 9.74. The molecule has 0 radical (unpaired) electrons. The molecule has 0 fully saturated rings. The number of amides is 1. The van der Waals surface area contributed by atoms with E-state index in [-0.39, 0.29) is 5.91 Å². The number of nitrogen functional groups attached to an aromatic ring is 1. The number of anilines is 1. The van der Waals surface area contributed by atoms with Gasteiger partial charge in [-0.3, -0.25) is 15.6 Å². The third kappa shape index (κ3) is 3.33. The number of pyridine rings is 1. The summed E-state index contributed by atoms with van der Waals surface area (Å²) in [6, 6.07) is 12.8. The summed E-state index contributed by atoms with van der Waals surface area (Å²) in [5.41, 5.74) is 4.83. The lowest BCUT2D eigenvalue weighted by atomic mass is 10.1. The summed E-state index contributed by atoms with van der Waals surface area (Å²) >= 11 is 0. The van der Waals surface area contributed by atoms with Crippen molar-refractivity contribution < 1.29 is 4.79 Å². The largest absolute Gasteiger partial charge is 0.333 e. The Bertz CT molecular complexity index is 554. The first-order valence-electron chi connectivity index (χ1n) is 6.50. The standard InChI is InChI=1S/C15H18N4O/c1-2-19(11-14-5-3-4-10-17-14)15(20)12-6-8-13(18-16)9-7-12/h3-10,18H,2,11,16H2,1H3. The maximum atomic E-state index is 12.4. The molecule has 1 aromatic heterocycles. The highest BCUT2D eigenvalue weighted by molar-refractivity contribution is 5.94. The van der Waals surface area contributed by atoms with Crippen LogP contribution in [0.15, 0.2) is 48.7 Å². The van der Waals surface area contributed by atoms with Crippen LogP contribution in [0.5, 0.6) is 0 Å². The maximum absolute atomic E-state index is 12.4. The Balaban J connectivity index is 2.12. The highest BCUT2D eigenvalue weighted by Gasteiger charge is 2.14. The minimum absolute atomic E-state index is 0.0123. The fraction of sp³-hybridized carbons (Fsp3) is 0.200. The van der Waals surface area contributed by atoms with Gasteiger partial charge in [0.25, 0.3) is 5.91 Å². The molecule has 5 nitrogen and oxygen atoms in total. The van der Waals surface area contributed by atoms with Gasteiger partial charge in [-0.15, -0.1) is 0 Å². The fourth-order valence-corrected chi connectivity index (χ4v) is 1.91. The number of hydrogen-bond acceptors (Lipinski definition) is 4. The number of nitrogens with one attached hydrogen (secondary N) is 1. The van der Waals surface area contributed by atoms with E-state index in [9.17, 15) is 4.79 Å². The van der Waals surface area contributed by atoms with Gasteiger partial charge in [-0.25, -0.2) is 0 Å². The van der Waals surface area contributed by atoms with Crippen LogP contribution in [-0.4, -0.2) is 22.3 Å². The number of nitrogens with zero attached hydrogens (tertiary/aromatic N) is 2. The van der Waals surface area contributed by atoms with Crippen LogP contribution < -0.4 is 11.3 Å². The molecule has 104 valence electrons. The molecular formula is C15H18N4O. The molecule has 0 atom stereocenters. The van der Waals surface area contributed by atoms with Crippen molar-refractivity contribution in [2.75, 3.05) is 12.0 Å². The van der Waals surface area contributed by atoms with Gasteiger partial charge in [0.05, 0.1) is 12.2 Å². The lowest BCUT2D eigenvalue weighted by Crippen LogP contribution is -2.30. The van der Waals surface area contributed by atoms with Crippen LogP contribution in [0, 0.1) is 0 Å². The average molecular weight is 270 g/mol. The van der Waals surface area contributed by atoms with Crippen molar-refractivity contribution in [1.29, 1.82) is 0 Å². The van der Waals surface area contributed by atoms with Crippen LogP contribution in [0.25, 0.3) is 0 Å². The molecule has 0 bridgehead atoms. The Hall–Kier alpha value is -2.40. The van der Waals surface area contributed by atoms with Gasteiger partial charge in [0.2, 0.25) is 0 Å². The number of benzene rings is 1. The molecule has 0 saturated carbocycles. The van der Waals surface area contributed by atoms with Crippen LogP contribution in [0.3, 0.4) is 0 Å². The van der Waals surface area contributed by atoms with Crippen LogP contribution in [0.4, 0.5) is 5.69 Å². The van der Waals surface area contributed by atoms with E-state index in [0.29, 0.717) is 18.7 Å². The monoisotopic (exact) mass is 270 g/mol. The first kappa shape index (κ1) is 14.0. The molecule has 0 aliphatic carbocycles. The molecule has 5 heteroatoms. The number of hydrazine groups is 1. The highest BCUT2D eigenvalue weighted by Crippen LogP contribution is 2.12. The maximum Gasteiger partial charge on any atom is 0.254 e. The second kappa shape index (κ2) is 6.68. The van der Waals surface area contributed by atoms with Gasteiger partial charge in [-0.05, 0) is 43.3 Å². The van der Waals surface area contributed by atoms with Gasteiger partial charge in [-0.1, -0.05) is 6.07 Å². The van der Waals surface area contributed by atoms with Crippen molar-refractivity contribution >= 4 is 11.6 Å². The third-order valence-electron chi connectivity index (χ3n) is 3.05. The van der Waals surface area contributed by atoms with Crippen LogP contribution in [0.1, 0.15) is 23.0 Å². The Morgan fingerprint density at radius 2 is 2.00 bits per heavy atom. The van der Waals surface area contributed by atoms with E-state index in [4.69, 9.17) is 5.84 Å². The van der Waals surface area contributed by atoms with Crippen LogP contribution in [0.2, 0.25) is 0 Å². The normalized spacial score (nSPS) is 10.1. The Morgan fingerprint density at radius 1 is 1.25 bits per heavy atom. The molecule has 0 aliphatic heterocycles. The predicted octanol–water partition coefficient (Wildman–Crippen LogP) is 2.03. The summed E-state index contributed by atoms with van der Waals surface area (Å²) in [6.07, 6.45) is 1.73. The van der Waals surface area contributed by atoms with Crippen molar-refractivity contribution in [2.45, 2.75) is 13.5 Å². The number of aromatic nitrogens is 1. The Morgan fingerprint density at radius 3 is 2.55 bits per heavy atom. The predicted molar refractivity (Wildman–Crippen MR) is 78.9 cm³/mol. The molecular weight excluding hydrogens is 252 g/mol. The van der Waals surface area contributed by atoms with E-state index >= 15 is 0 Å². The van der Waals surface area contributed by atoms with Crippen molar-refractivity contribution in [3.05, 3.63) is 59.9 Å². The summed E-state index contributed by atoms with van der Waals surface area (Å²) in [5.74, 6) is 5.30. The molecule has 2 aromatic rings. The average Bonchev–Trinajstić information content (AvgIpc) is 2.53. The fourth-order valence-electron chi connectivity index (χ4n) is 1.91. The molecule has 0 spiro atoms. The van der Waals surface area contributed by atoms with Gasteiger partial charge in [0, 0.05) is 24.0 Å². The van der Waals surface area contributed by atoms with Gasteiger partial charge in [-0.2, -0.15) is 0 Å². The third-order valence-corrected chi connectivity index (χ3v) is 3.05. The quantitative estimate of drug-likeness (QED) is 0.644. The summed E-state index contributed by atoms with van der Waals surface area (Å²) in [4.78, 5) is 18.4. The zero-order valence-corrected chi connectivity index (χ0v) is 11.4. The molecule has 3 N–H and O–H groups in total. The minimum Gasteiger partial charge on any atom is -0.333 e. The molecule has 20 heavy (non-hydrogen) atoms. The molecule has 1 aromatic carbocycles. The smallest absolute Gasteiger partial charge is 0.254 e. The van der Waals surface area contributed by atoms with Gasteiger partial charge in [0.15, 0.2) is 0 Å². The van der Waals surface area contributed by atoms with E-state index in [1.165, 1.54) is 0 Å². The SMILES string of the molecule is CCN(Cc1ccccn1)C(=O)c1ccc(NN)cc1. The van der Waals surface area contributed by atoms with Crippen molar-refractivity contribution in [1.82, 2.24) is 9.88 Å².